The van der Waals surface area contributed by atoms with Crippen molar-refractivity contribution in [3.63, 3.8) is 0 Å². The third kappa shape index (κ3) is 3.63. The molecule has 2 rings (SSSR count). The Morgan fingerprint density at radius 2 is 2.00 bits per heavy atom. The summed E-state index contributed by atoms with van der Waals surface area (Å²) in [4.78, 5) is 11.9. The molecule has 0 spiro atoms. The number of carbonyl (C=O) groups is 1. The van der Waals surface area contributed by atoms with Gasteiger partial charge in [-0.15, -0.1) is 11.3 Å². The molecule has 8 heteroatoms. The molecule has 0 bridgehead atoms. The van der Waals surface area contributed by atoms with E-state index in [1.54, 1.807) is 12.3 Å². The van der Waals surface area contributed by atoms with Crippen molar-refractivity contribution in [2.75, 3.05) is 7.11 Å². The fraction of sp³-hybridized carbons (Fsp3) is 0.615. The Labute approximate surface area is 128 Å². The monoisotopic (exact) mass is 332 g/mol. The van der Waals surface area contributed by atoms with Crippen LogP contribution in [0.2, 0.25) is 0 Å². The third-order valence-electron chi connectivity index (χ3n) is 3.65. The van der Waals surface area contributed by atoms with Crippen molar-refractivity contribution < 1.29 is 17.9 Å². The highest BCUT2D eigenvalue weighted by molar-refractivity contribution is 7.89. The molecule has 1 heterocycles. The molecular formula is C13H20N2O4S2. The van der Waals surface area contributed by atoms with E-state index in [9.17, 15) is 13.2 Å². The number of thiophene rings is 1. The molecule has 1 aromatic rings. The largest absolute Gasteiger partial charge is 0.465 e. The number of esters is 1. The summed E-state index contributed by atoms with van der Waals surface area (Å²) < 4.78 is 32.5. The number of carbonyl (C=O) groups excluding carboxylic acids is 1. The fourth-order valence-electron chi connectivity index (χ4n) is 2.52. The van der Waals surface area contributed by atoms with E-state index in [2.05, 4.69) is 9.46 Å². The Balaban J connectivity index is 2.24. The zero-order chi connectivity index (χ0) is 15.6. The molecule has 0 unspecified atom stereocenters. The van der Waals surface area contributed by atoms with Crippen molar-refractivity contribution in [2.24, 2.45) is 5.73 Å². The van der Waals surface area contributed by atoms with Gasteiger partial charge in [-0.2, -0.15) is 0 Å². The molecule has 0 atom stereocenters. The van der Waals surface area contributed by atoms with Crippen LogP contribution < -0.4 is 10.5 Å². The lowest BCUT2D eigenvalue weighted by Gasteiger charge is -2.26. The van der Waals surface area contributed by atoms with Gasteiger partial charge in [0.25, 0.3) is 0 Å². The molecule has 3 N–H and O–H groups in total. The Bertz CT molecular complexity index is 616. The number of hydrogen-bond donors (Lipinski definition) is 2. The van der Waals surface area contributed by atoms with Crippen LogP contribution in [0.25, 0.3) is 0 Å². The van der Waals surface area contributed by atoms with Crippen LogP contribution in [-0.4, -0.2) is 33.6 Å². The minimum absolute atomic E-state index is 0.0363. The fourth-order valence-corrected chi connectivity index (χ4v) is 5.53. The first-order valence-electron chi connectivity index (χ1n) is 6.79. The van der Waals surface area contributed by atoms with Crippen LogP contribution in [0.4, 0.5) is 0 Å². The maximum absolute atomic E-state index is 12.6. The topological polar surface area (TPSA) is 98.5 Å². The lowest BCUT2D eigenvalue weighted by atomic mass is 9.93. The van der Waals surface area contributed by atoms with Gasteiger partial charge in [-0.05, 0) is 43.6 Å². The predicted molar refractivity (Wildman–Crippen MR) is 80.9 cm³/mol. The van der Waals surface area contributed by atoms with Crippen LogP contribution in [0.5, 0.6) is 0 Å². The zero-order valence-electron chi connectivity index (χ0n) is 12.1. The number of nitrogens with two attached hydrogens (primary N) is 1. The summed E-state index contributed by atoms with van der Waals surface area (Å²) in [6.45, 7) is 1.67. The van der Waals surface area contributed by atoms with E-state index < -0.39 is 16.0 Å². The van der Waals surface area contributed by atoms with Crippen LogP contribution >= 0.6 is 11.3 Å². The molecule has 1 aromatic heterocycles. The van der Waals surface area contributed by atoms with Crippen molar-refractivity contribution >= 4 is 27.3 Å². The van der Waals surface area contributed by atoms with E-state index in [0.717, 1.165) is 37.0 Å². The molecule has 0 aromatic carbocycles. The second-order valence-electron chi connectivity index (χ2n) is 5.30. The molecule has 1 aliphatic carbocycles. The summed E-state index contributed by atoms with van der Waals surface area (Å²) in [5, 5.41) is 1.65. The summed E-state index contributed by atoms with van der Waals surface area (Å²) >= 11 is 1.08. The Morgan fingerprint density at radius 1 is 1.38 bits per heavy atom. The molecule has 0 radical (unpaired) electrons. The number of aryl methyl sites for hydroxylation is 1. The van der Waals surface area contributed by atoms with E-state index >= 15 is 0 Å². The molecule has 0 aliphatic heterocycles. The quantitative estimate of drug-likeness (QED) is 0.812. The maximum atomic E-state index is 12.6. The smallest absolute Gasteiger partial charge is 0.349 e. The number of hydrogen-bond acceptors (Lipinski definition) is 6. The molecular weight excluding hydrogens is 312 g/mol. The summed E-state index contributed by atoms with van der Waals surface area (Å²) in [6, 6.07) is 0.0267. The van der Waals surface area contributed by atoms with Gasteiger partial charge in [0.05, 0.1) is 7.11 Å². The van der Waals surface area contributed by atoms with E-state index in [1.165, 1.54) is 7.11 Å². The molecule has 0 saturated heterocycles. The minimum atomic E-state index is -3.73. The van der Waals surface area contributed by atoms with Gasteiger partial charge in [0, 0.05) is 12.1 Å². The van der Waals surface area contributed by atoms with E-state index in [4.69, 9.17) is 5.73 Å². The first-order valence-corrected chi connectivity index (χ1v) is 9.15. The average Bonchev–Trinajstić information content (AvgIpc) is 2.83. The highest BCUT2D eigenvalue weighted by Crippen LogP contribution is 2.28. The first kappa shape index (κ1) is 16.4. The van der Waals surface area contributed by atoms with Gasteiger partial charge in [-0.25, -0.2) is 17.9 Å². The summed E-state index contributed by atoms with van der Waals surface area (Å²) in [5.41, 5.74) is 6.38. The summed E-state index contributed by atoms with van der Waals surface area (Å²) in [6.07, 6.45) is 3.05. The molecule has 1 aliphatic rings. The summed E-state index contributed by atoms with van der Waals surface area (Å²) in [5.74, 6) is -0.626. The lowest BCUT2D eigenvalue weighted by molar-refractivity contribution is 0.0602. The van der Waals surface area contributed by atoms with E-state index in [-0.39, 0.29) is 21.9 Å². The van der Waals surface area contributed by atoms with Crippen molar-refractivity contribution in [3.8, 4) is 0 Å². The van der Waals surface area contributed by atoms with Gasteiger partial charge in [0.1, 0.15) is 9.77 Å². The third-order valence-corrected chi connectivity index (χ3v) is 6.57. The molecule has 118 valence electrons. The second kappa shape index (κ2) is 6.43. The number of rotatable bonds is 4. The second-order valence-corrected chi connectivity index (χ2v) is 7.83. The van der Waals surface area contributed by atoms with Gasteiger partial charge in [-0.3, -0.25) is 0 Å². The maximum Gasteiger partial charge on any atom is 0.349 e. The molecule has 1 fully saturated rings. The number of ether oxygens (including phenoxy) is 1. The Kier molecular flexibility index (Phi) is 5.03. The van der Waals surface area contributed by atoms with Crippen molar-refractivity contribution in [2.45, 2.75) is 49.6 Å². The summed E-state index contributed by atoms with van der Waals surface area (Å²) in [7, 11) is -2.49. The molecule has 6 nitrogen and oxygen atoms in total. The van der Waals surface area contributed by atoms with Gasteiger partial charge in [0.2, 0.25) is 10.0 Å². The van der Waals surface area contributed by atoms with Crippen LogP contribution in [0.15, 0.2) is 10.3 Å². The highest BCUT2D eigenvalue weighted by atomic mass is 32.2. The Morgan fingerprint density at radius 3 is 2.57 bits per heavy atom. The van der Waals surface area contributed by atoms with E-state index in [1.807, 2.05) is 0 Å². The molecule has 0 amide bonds. The highest BCUT2D eigenvalue weighted by Gasteiger charge is 2.30. The number of methoxy groups -OCH3 is 1. The minimum Gasteiger partial charge on any atom is -0.465 e. The van der Waals surface area contributed by atoms with Crippen molar-refractivity contribution in [3.05, 3.63) is 15.8 Å². The van der Waals surface area contributed by atoms with Gasteiger partial charge in [0.15, 0.2) is 0 Å². The van der Waals surface area contributed by atoms with Crippen LogP contribution in [0.1, 0.15) is 40.9 Å². The molecule has 21 heavy (non-hydrogen) atoms. The Hall–Kier alpha value is -0.960. The first-order chi connectivity index (χ1) is 9.85. The van der Waals surface area contributed by atoms with Crippen LogP contribution in [0.3, 0.4) is 0 Å². The normalized spacial score (nSPS) is 23.0. The van der Waals surface area contributed by atoms with Crippen molar-refractivity contribution in [1.82, 2.24) is 4.72 Å². The number of sulfonamides is 1. The van der Waals surface area contributed by atoms with Crippen LogP contribution in [0, 0.1) is 6.92 Å². The molecule has 1 saturated carbocycles. The van der Waals surface area contributed by atoms with Crippen molar-refractivity contribution in [1.29, 1.82) is 0 Å². The lowest BCUT2D eigenvalue weighted by Crippen LogP contribution is -2.40. The SMILES string of the molecule is COC(=O)c1scc(C)c1S(=O)(=O)NC1CCC(N)CC1. The van der Waals surface area contributed by atoms with Gasteiger partial charge < -0.3 is 10.5 Å². The van der Waals surface area contributed by atoms with Gasteiger partial charge >= 0.3 is 5.97 Å². The number of nitrogens with one attached hydrogen (secondary N) is 1. The zero-order valence-corrected chi connectivity index (χ0v) is 13.7. The van der Waals surface area contributed by atoms with Crippen LogP contribution in [-0.2, 0) is 14.8 Å². The predicted octanol–water partition coefficient (Wildman–Crippen LogP) is 1.39. The van der Waals surface area contributed by atoms with E-state index in [0.29, 0.717) is 5.56 Å². The standard InChI is InChI=1S/C13H20N2O4S2/c1-8-7-20-11(13(16)19-2)12(8)21(17,18)15-10-5-3-9(14)4-6-10/h7,9-10,15H,3-6,14H2,1-2H3. The average molecular weight is 332 g/mol. The van der Waals surface area contributed by atoms with Gasteiger partial charge in [-0.1, -0.05) is 0 Å².